The van der Waals surface area contributed by atoms with Crippen molar-refractivity contribution >= 4 is 10.2 Å². The van der Waals surface area contributed by atoms with Crippen molar-refractivity contribution in [3.8, 4) is 0 Å². The molecule has 0 spiro atoms. The van der Waals surface area contributed by atoms with E-state index in [1.807, 2.05) is 20.8 Å². The normalized spacial score (nSPS) is 25.1. The van der Waals surface area contributed by atoms with Crippen LogP contribution in [0.5, 0.6) is 0 Å². The average molecular weight is 263 g/mol. The van der Waals surface area contributed by atoms with Gasteiger partial charge >= 0.3 is 0 Å². The molecule has 0 saturated carbocycles. The molecule has 0 amide bonds. The van der Waals surface area contributed by atoms with Crippen molar-refractivity contribution in [2.24, 2.45) is 11.7 Å². The fourth-order valence-corrected chi connectivity index (χ4v) is 3.98. The van der Waals surface area contributed by atoms with E-state index in [4.69, 9.17) is 5.73 Å². The molecule has 2 atom stereocenters. The van der Waals surface area contributed by atoms with E-state index < -0.39 is 10.2 Å². The van der Waals surface area contributed by atoms with Gasteiger partial charge in [0.25, 0.3) is 10.2 Å². The molecule has 1 saturated heterocycles. The number of nitrogens with zero attached hydrogens (tertiary/aromatic N) is 1. The van der Waals surface area contributed by atoms with Gasteiger partial charge in [-0.3, -0.25) is 0 Å². The quantitative estimate of drug-likeness (QED) is 0.766. The van der Waals surface area contributed by atoms with Crippen molar-refractivity contribution < 1.29 is 8.42 Å². The molecule has 0 bridgehead atoms. The van der Waals surface area contributed by atoms with E-state index in [1.54, 1.807) is 4.31 Å². The highest BCUT2D eigenvalue weighted by molar-refractivity contribution is 7.87. The molecule has 3 N–H and O–H groups in total. The fraction of sp³-hybridized carbons (Fsp3) is 1.00. The molecule has 1 rings (SSSR count). The predicted octanol–water partition coefficient (Wildman–Crippen LogP) is 0.679. The van der Waals surface area contributed by atoms with Gasteiger partial charge in [-0.2, -0.15) is 17.4 Å². The molecule has 0 aromatic carbocycles. The van der Waals surface area contributed by atoms with Gasteiger partial charge in [0.15, 0.2) is 0 Å². The topological polar surface area (TPSA) is 75.4 Å². The summed E-state index contributed by atoms with van der Waals surface area (Å²) in [4.78, 5) is 0. The third kappa shape index (κ3) is 3.91. The van der Waals surface area contributed by atoms with E-state index in [2.05, 4.69) is 4.72 Å². The Morgan fingerprint density at radius 2 is 2.06 bits per heavy atom. The summed E-state index contributed by atoms with van der Waals surface area (Å²) in [5.41, 5.74) is 5.60. The number of hydrogen-bond acceptors (Lipinski definition) is 3. The Labute approximate surface area is 105 Å². The van der Waals surface area contributed by atoms with Crippen molar-refractivity contribution in [1.29, 1.82) is 0 Å². The van der Waals surface area contributed by atoms with Crippen LogP contribution in [0.25, 0.3) is 0 Å². The Morgan fingerprint density at radius 1 is 1.41 bits per heavy atom. The molecule has 1 aliphatic rings. The molecule has 5 nitrogen and oxygen atoms in total. The molecule has 0 radical (unpaired) electrons. The van der Waals surface area contributed by atoms with E-state index in [-0.39, 0.29) is 18.0 Å². The smallest absolute Gasteiger partial charge is 0.279 e. The molecule has 0 aromatic heterocycles. The summed E-state index contributed by atoms with van der Waals surface area (Å²) in [5.74, 6) is 0.204. The molecule has 17 heavy (non-hydrogen) atoms. The molecule has 6 heteroatoms. The lowest BCUT2D eigenvalue weighted by atomic mass is 10.1. The second-order valence-electron chi connectivity index (χ2n) is 5.16. The van der Waals surface area contributed by atoms with E-state index in [0.717, 1.165) is 19.3 Å². The van der Waals surface area contributed by atoms with Crippen molar-refractivity contribution in [3.05, 3.63) is 0 Å². The van der Waals surface area contributed by atoms with Crippen LogP contribution in [0.4, 0.5) is 0 Å². The van der Waals surface area contributed by atoms with Crippen LogP contribution in [-0.2, 0) is 10.2 Å². The fourth-order valence-electron chi connectivity index (χ4n) is 2.14. The van der Waals surface area contributed by atoms with Gasteiger partial charge in [0.1, 0.15) is 0 Å². The lowest BCUT2D eigenvalue weighted by Crippen LogP contribution is -2.53. The summed E-state index contributed by atoms with van der Waals surface area (Å²) < 4.78 is 28.7. The van der Waals surface area contributed by atoms with E-state index >= 15 is 0 Å². The van der Waals surface area contributed by atoms with Gasteiger partial charge in [-0.25, -0.2) is 0 Å². The summed E-state index contributed by atoms with van der Waals surface area (Å²) in [6, 6.07) is -0.0963. The van der Waals surface area contributed by atoms with Crippen LogP contribution in [0.1, 0.15) is 40.0 Å². The van der Waals surface area contributed by atoms with Crippen LogP contribution in [0.15, 0.2) is 0 Å². The van der Waals surface area contributed by atoms with Gasteiger partial charge in [-0.15, -0.1) is 0 Å². The first-order valence-corrected chi connectivity index (χ1v) is 7.81. The molecular weight excluding hydrogens is 238 g/mol. The van der Waals surface area contributed by atoms with Crippen molar-refractivity contribution in [2.45, 2.75) is 52.1 Å². The Hall–Kier alpha value is -0.170. The van der Waals surface area contributed by atoms with Gasteiger partial charge < -0.3 is 5.73 Å². The standard InChI is InChI=1S/C11H25N3O2S/c1-9(2)11(8-12)13-17(15,16)14-7-5-4-6-10(14)3/h9-11,13H,4-8,12H2,1-3H3. The Kier molecular flexibility index (Phi) is 5.37. The first-order valence-electron chi connectivity index (χ1n) is 6.37. The van der Waals surface area contributed by atoms with Crippen LogP contribution in [0.3, 0.4) is 0 Å². The van der Waals surface area contributed by atoms with Gasteiger partial charge in [0, 0.05) is 25.2 Å². The minimum atomic E-state index is -3.39. The maximum atomic E-state index is 12.2. The van der Waals surface area contributed by atoms with E-state index in [1.165, 1.54) is 0 Å². The van der Waals surface area contributed by atoms with E-state index in [0.29, 0.717) is 13.1 Å². The third-order valence-electron chi connectivity index (χ3n) is 3.41. The van der Waals surface area contributed by atoms with Crippen LogP contribution in [0, 0.1) is 5.92 Å². The van der Waals surface area contributed by atoms with Gasteiger partial charge in [0.2, 0.25) is 0 Å². The molecule has 1 heterocycles. The molecule has 102 valence electrons. The molecule has 0 aliphatic carbocycles. The summed E-state index contributed by atoms with van der Waals surface area (Å²) in [7, 11) is -3.39. The zero-order valence-corrected chi connectivity index (χ0v) is 11.8. The van der Waals surface area contributed by atoms with Crippen LogP contribution >= 0.6 is 0 Å². The Balaban J connectivity index is 2.73. The average Bonchev–Trinajstić information content (AvgIpc) is 2.26. The maximum Gasteiger partial charge on any atom is 0.279 e. The minimum absolute atomic E-state index is 0.0897. The minimum Gasteiger partial charge on any atom is -0.329 e. The SMILES string of the molecule is CC(C)C(CN)NS(=O)(=O)N1CCCCC1C. The second kappa shape index (κ2) is 6.13. The largest absolute Gasteiger partial charge is 0.329 e. The molecule has 0 aromatic rings. The molecule has 1 aliphatic heterocycles. The van der Waals surface area contributed by atoms with Crippen LogP contribution < -0.4 is 10.5 Å². The zero-order chi connectivity index (χ0) is 13.1. The van der Waals surface area contributed by atoms with Gasteiger partial charge in [0.05, 0.1) is 0 Å². The van der Waals surface area contributed by atoms with Crippen LogP contribution in [0.2, 0.25) is 0 Å². The predicted molar refractivity (Wildman–Crippen MR) is 69.8 cm³/mol. The van der Waals surface area contributed by atoms with Crippen molar-refractivity contribution in [1.82, 2.24) is 9.03 Å². The monoisotopic (exact) mass is 263 g/mol. The lowest BCUT2D eigenvalue weighted by molar-refractivity contribution is 0.261. The zero-order valence-electron chi connectivity index (χ0n) is 11.0. The summed E-state index contributed by atoms with van der Waals surface area (Å²) in [6.07, 6.45) is 2.99. The summed E-state index contributed by atoms with van der Waals surface area (Å²) in [5, 5.41) is 0. The Bertz CT molecular complexity index is 330. The summed E-state index contributed by atoms with van der Waals surface area (Å²) >= 11 is 0. The highest BCUT2D eigenvalue weighted by atomic mass is 32.2. The number of piperidine rings is 1. The number of nitrogens with two attached hydrogens (primary N) is 1. The van der Waals surface area contributed by atoms with Crippen molar-refractivity contribution in [3.63, 3.8) is 0 Å². The molecule has 2 unspecified atom stereocenters. The number of rotatable bonds is 5. The third-order valence-corrected chi connectivity index (χ3v) is 5.17. The van der Waals surface area contributed by atoms with Crippen LogP contribution in [-0.4, -0.2) is 37.9 Å². The van der Waals surface area contributed by atoms with Gasteiger partial charge in [-0.1, -0.05) is 20.3 Å². The Morgan fingerprint density at radius 3 is 2.53 bits per heavy atom. The number of nitrogens with one attached hydrogen (secondary N) is 1. The second-order valence-corrected chi connectivity index (χ2v) is 6.82. The molecule has 1 fully saturated rings. The van der Waals surface area contributed by atoms with E-state index in [9.17, 15) is 8.42 Å². The first-order chi connectivity index (χ1) is 7.88. The highest BCUT2D eigenvalue weighted by Gasteiger charge is 2.31. The first kappa shape index (κ1) is 14.9. The van der Waals surface area contributed by atoms with Crippen molar-refractivity contribution in [2.75, 3.05) is 13.1 Å². The maximum absolute atomic E-state index is 12.2. The number of hydrogen-bond donors (Lipinski definition) is 2. The lowest BCUT2D eigenvalue weighted by Gasteiger charge is -2.34. The molecular formula is C11H25N3O2S. The summed E-state index contributed by atoms with van der Waals surface area (Å²) in [6.45, 7) is 6.86. The van der Waals surface area contributed by atoms with Gasteiger partial charge in [-0.05, 0) is 25.7 Å². The highest BCUT2D eigenvalue weighted by Crippen LogP contribution is 2.19.